The summed E-state index contributed by atoms with van der Waals surface area (Å²) in [6, 6.07) is 6.76. The fraction of sp³-hybridized carbons (Fsp3) is 0.429. The predicted molar refractivity (Wildman–Crippen MR) is 93.8 cm³/mol. The Labute approximate surface area is 142 Å². The van der Waals surface area contributed by atoms with E-state index in [1.54, 1.807) is 0 Å². The van der Waals surface area contributed by atoms with Gasteiger partial charge in [0.1, 0.15) is 0 Å². The number of halogens is 2. The van der Waals surface area contributed by atoms with Gasteiger partial charge in [0.25, 0.3) is 0 Å². The van der Waals surface area contributed by atoms with E-state index in [-0.39, 0.29) is 0 Å². The van der Waals surface area contributed by atoms with Crippen molar-refractivity contribution in [3.05, 3.63) is 26.8 Å². The van der Waals surface area contributed by atoms with Crippen LogP contribution in [0.5, 0.6) is 0 Å². The Hall–Kier alpha value is -0.860. The highest BCUT2D eigenvalue weighted by Crippen LogP contribution is 2.25. The molecule has 0 aliphatic carbocycles. The number of hydrogen-bond donors (Lipinski definition) is 2. The molecule has 2 unspecified atom stereocenters. The summed E-state index contributed by atoms with van der Waals surface area (Å²) < 4.78 is 1.03. The van der Waals surface area contributed by atoms with Crippen LogP contribution in [0, 0.1) is 3.57 Å². The van der Waals surface area contributed by atoms with E-state index < -0.39 is 0 Å². The molecule has 1 fully saturated rings. The molecule has 2 heterocycles. The molecule has 3 rings (SSSR count). The topological polar surface area (TPSA) is 56.8 Å². The second kappa shape index (κ2) is 6.10. The smallest absolute Gasteiger partial charge is 0.245 e. The van der Waals surface area contributed by atoms with Crippen LogP contribution in [0.3, 0.4) is 0 Å². The van der Waals surface area contributed by atoms with Crippen LogP contribution in [-0.2, 0) is 0 Å². The highest BCUT2D eigenvalue weighted by Gasteiger charge is 2.23. The third-order valence-electron chi connectivity index (χ3n) is 3.51. The van der Waals surface area contributed by atoms with Gasteiger partial charge in [0.05, 0.1) is 5.02 Å². The van der Waals surface area contributed by atoms with Crippen molar-refractivity contribution >= 4 is 40.1 Å². The quantitative estimate of drug-likeness (QED) is 0.738. The number of H-pyrrole nitrogens is 1. The third-order valence-corrected chi connectivity index (χ3v) is 5.08. The average molecular weight is 418 g/mol. The van der Waals surface area contributed by atoms with E-state index in [0.29, 0.717) is 12.1 Å². The molecule has 0 amide bonds. The fourth-order valence-electron chi connectivity index (χ4n) is 2.66. The zero-order valence-electron chi connectivity index (χ0n) is 11.9. The fourth-order valence-corrected chi connectivity index (χ4v) is 3.17. The molecule has 1 aromatic carbocycles. The molecular weight excluding hydrogens is 401 g/mol. The average Bonchev–Trinajstić information content (AvgIpc) is 2.90. The minimum Gasteiger partial charge on any atom is -0.336 e. The van der Waals surface area contributed by atoms with Crippen molar-refractivity contribution in [1.29, 1.82) is 0 Å². The van der Waals surface area contributed by atoms with Gasteiger partial charge in [-0.25, -0.2) is 0 Å². The maximum Gasteiger partial charge on any atom is 0.245 e. The maximum absolute atomic E-state index is 6.17. The monoisotopic (exact) mass is 417 g/mol. The summed E-state index contributed by atoms with van der Waals surface area (Å²) in [7, 11) is 0. The third kappa shape index (κ3) is 3.32. The Bertz CT molecular complexity index is 634. The van der Waals surface area contributed by atoms with Gasteiger partial charge in [-0.3, -0.25) is 5.10 Å². The van der Waals surface area contributed by atoms with Crippen LogP contribution in [0.1, 0.15) is 13.8 Å². The lowest BCUT2D eigenvalue weighted by Crippen LogP contribution is -2.54. The van der Waals surface area contributed by atoms with E-state index in [1.807, 2.05) is 18.2 Å². The van der Waals surface area contributed by atoms with E-state index in [2.05, 4.69) is 61.8 Å². The van der Waals surface area contributed by atoms with Gasteiger partial charge in [-0.2, -0.15) is 4.98 Å². The molecule has 21 heavy (non-hydrogen) atoms. The largest absolute Gasteiger partial charge is 0.336 e. The van der Waals surface area contributed by atoms with E-state index in [0.717, 1.165) is 39.0 Å². The highest BCUT2D eigenvalue weighted by molar-refractivity contribution is 14.1. The number of aromatic amines is 1. The highest BCUT2D eigenvalue weighted by atomic mass is 127. The molecule has 2 N–H and O–H groups in total. The maximum atomic E-state index is 6.17. The summed E-state index contributed by atoms with van der Waals surface area (Å²) in [4.78, 5) is 6.82. The Morgan fingerprint density at radius 2 is 2.00 bits per heavy atom. The first kappa shape index (κ1) is 15.1. The minimum atomic E-state index is 0.434. The molecule has 2 atom stereocenters. The summed E-state index contributed by atoms with van der Waals surface area (Å²) in [5.41, 5.74) is 0.954. The van der Waals surface area contributed by atoms with Crippen molar-refractivity contribution in [2.45, 2.75) is 25.9 Å². The van der Waals surface area contributed by atoms with Crippen LogP contribution in [0.25, 0.3) is 11.4 Å². The summed E-state index contributed by atoms with van der Waals surface area (Å²) in [6.07, 6.45) is 0. The van der Waals surface area contributed by atoms with Crippen molar-refractivity contribution in [1.82, 2.24) is 20.5 Å². The first-order valence-electron chi connectivity index (χ1n) is 6.92. The zero-order valence-corrected chi connectivity index (χ0v) is 14.8. The van der Waals surface area contributed by atoms with Crippen LogP contribution < -0.4 is 10.2 Å². The molecule has 0 saturated carbocycles. The van der Waals surface area contributed by atoms with Gasteiger partial charge in [0.2, 0.25) is 5.95 Å². The standard InChI is InChI=1S/C14H17ClIN5/c1-8-6-21(7-9(2)17-8)14-18-13(19-20-14)10-3-4-12(16)11(15)5-10/h3-5,8-9,17H,6-7H2,1-2H3,(H,18,19,20). The van der Waals surface area contributed by atoms with Crippen LogP contribution in [0.2, 0.25) is 5.02 Å². The molecular formula is C14H17ClIN5. The van der Waals surface area contributed by atoms with Crippen LogP contribution in [0.4, 0.5) is 5.95 Å². The molecule has 0 radical (unpaired) electrons. The van der Waals surface area contributed by atoms with Crippen molar-refractivity contribution in [3.8, 4) is 11.4 Å². The molecule has 1 aliphatic rings. The van der Waals surface area contributed by atoms with Gasteiger partial charge in [0.15, 0.2) is 5.82 Å². The Balaban J connectivity index is 1.84. The molecule has 7 heteroatoms. The van der Waals surface area contributed by atoms with Crippen molar-refractivity contribution < 1.29 is 0 Å². The lowest BCUT2D eigenvalue weighted by molar-refractivity contribution is 0.403. The summed E-state index contributed by atoms with van der Waals surface area (Å²) in [5.74, 6) is 1.50. The number of nitrogens with zero attached hydrogens (tertiary/aromatic N) is 3. The summed E-state index contributed by atoms with van der Waals surface area (Å²) in [5, 5.41) is 11.6. The van der Waals surface area contributed by atoms with Crippen LogP contribution >= 0.6 is 34.2 Å². The number of nitrogens with one attached hydrogen (secondary N) is 2. The summed E-state index contributed by atoms with van der Waals surface area (Å²) >= 11 is 8.38. The van der Waals surface area contributed by atoms with Gasteiger partial charge in [-0.15, -0.1) is 5.10 Å². The molecule has 2 aromatic rings. The number of piperazine rings is 1. The van der Waals surface area contributed by atoms with Gasteiger partial charge in [-0.05, 0) is 48.6 Å². The first-order chi connectivity index (χ1) is 10.0. The first-order valence-corrected chi connectivity index (χ1v) is 8.37. The van der Waals surface area contributed by atoms with E-state index in [1.165, 1.54) is 0 Å². The van der Waals surface area contributed by atoms with Gasteiger partial charge in [0, 0.05) is 34.3 Å². The van der Waals surface area contributed by atoms with Crippen molar-refractivity contribution in [3.63, 3.8) is 0 Å². The van der Waals surface area contributed by atoms with Gasteiger partial charge in [-0.1, -0.05) is 17.7 Å². The molecule has 112 valence electrons. The molecule has 1 aliphatic heterocycles. The Kier molecular flexibility index (Phi) is 4.37. The van der Waals surface area contributed by atoms with Crippen molar-refractivity contribution in [2.75, 3.05) is 18.0 Å². The predicted octanol–water partition coefficient (Wildman–Crippen LogP) is 2.92. The number of benzene rings is 1. The second-order valence-corrected chi connectivity index (χ2v) is 7.06. The summed E-state index contributed by atoms with van der Waals surface area (Å²) in [6.45, 7) is 6.18. The number of aromatic nitrogens is 3. The lowest BCUT2D eigenvalue weighted by atomic mass is 10.1. The number of rotatable bonds is 2. The van der Waals surface area contributed by atoms with E-state index in [4.69, 9.17) is 11.6 Å². The van der Waals surface area contributed by atoms with Gasteiger partial charge >= 0.3 is 0 Å². The Morgan fingerprint density at radius 3 is 2.67 bits per heavy atom. The Morgan fingerprint density at radius 1 is 1.29 bits per heavy atom. The molecule has 0 spiro atoms. The van der Waals surface area contributed by atoms with E-state index >= 15 is 0 Å². The SMILES string of the molecule is CC1CN(c2n[nH]c(-c3ccc(I)c(Cl)c3)n2)CC(C)N1. The van der Waals surface area contributed by atoms with Crippen LogP contribution in [0.15, 0.2) is 18.2 Å². The van der Waals surface area contributed by atoms with Gasteiger partial charge < -0.3 is 10.2 Å². The molecule has 0 bridgehead atoms. The molecule has 1 aromatic heterocycles. The minimum absolute atomic E-state index is 0.434. The van der Waals surface area contributed by atoms with Crippen molar-refractivity contribution in [2.24, 2.45) is 0 Å². The lowest BCUT2D eigenvalue weighted by Gasteiger charge is -2.35. The molecule has 5 nitrogen and oxygen atoms in total. The normalized spacial score (nSPS) is 22.6. The van der Waals surface area contributed by atoms with E-state index in [9.17, 15) is 0 Å². The zero-order chi connectivity index (χ0) is 15.0. The number of hydrogen-bond acceptors (Lipinski definition) is 4. The molecule has 1 saturated heterocycles. The second-order valence-electron chi connectivity index (χ2n) is 5.49. The van der Waals surface area contributed by atoms with Crippen LogP contribution in [-0.4, -0.2) is 40.4 Å². The number of anilines is 1.